The number of primary amides is 1. The van der Waals surface area contributed by atoms with Crippen LogP contribution in [0.5, 0.6) is 0 Å². The topological polar surface area (TPSA) is 67.5 Å². The lowest BCUT2D eigenvalue weighted by Crippen LogP contribution is -2.27. The number of hydrogen-bond acceptors (Lipinski definition) is 2. The molecule has 0 aromatic rings. The minimum Gasteiger partial charge on any atom is -0.350 e. The number of nitrogens with zero attached hydrogens (tertiary/aromatic N) is 1. The second-order valence-corrected chi connectivity index (χ2v) is 4.27. The second-order valence-electron chi connectivity index (χ2n) is 4.27. The molecule has 1 fully saturated rings. The maximum absolute atomic E-state index is 10.5. The van der Waals surface area contributed by atoms with Crippen molar-refractivity contribution >= 4 is 11.7 Å². The van der Waals surface area contributed by atoms with Gasteiger partial charge in [0.1, 0.15) is 0 Å². The molecule has 1 rings (SSSR count). The van der Waals surface area contributed by atoms with Crippen LogP contribution >= 0.6 is 0 Å². The van der Waals surface area contributed by atoms with Gasteiger partial charge in [-0.05, 0) is 25.7 Å². The van der Waals surface area contributed by atoms with Crippen LogP contribution < -0.4 is 11.2 Å². The van der Waals surface area contributed by atoms with Gasteiger partial charge in [-0.25, -0.2) is 10.2 Å². The highest BCUT2D eigenvalue weighted by atomic mass is 16.2. The van der Waals surface area contributed by atoms with E-state index in [1.165, 1.54) is 44.9 Å². The summed E-state index contributed by atoms with van der Waals surface area (Å²) in [5.41, 5.74) is 8.28. The van der Waals surface area contributed by atoms with E-state index in [1.807, 2.05) is 6.92 Å². The van der Waals surface area contributed by atoms with E-state index in [-0.39, 0.29) is 0 Å². The van der Waals surface area contributed by atoms with Crippen LogP contribution in [-0.4, -0.2) is 11.7 Å². The molecule has 0 heterocycles. The van der Waals surface area contributed by atoms with Crippen molar-refractivity contribution in [2.24, 2.45) is 16.8 Å². The van der Waals surface area contributed by atoms with Crippen LogP contribution in [0.25, 0.3) is 0 Å². The molecular formula is C11H21N3O. The Labute approximate surface area is 91.3 Å². The van der Waals surface area contributed by atoms with Gasteiger partial charge in [0.2, 0.25) is 0 Å². The molecule has 1 saturated carbocycles. The van der Waals surface area contributed by atoms with E-state index in [4.69, 9.17) is 5.73 Å². The fraction of sp³-hybridized carbons (Fsp3) is 0.818. The second kappa shape index (κ2) is 6.43. The maximum atomic E-state index is 10.5. The molecule has 2 amide bonds. The Morgan fingerprint density at radius 2 is 1.73 bits per heavy atom. The van der Waals surface area contributed by atoms with Crippen LogP contribution in [0.15, 0.2) is 5.10 Å². The Kier molecular flexibility index (Phi) is 5.15. The summed E-state index contributed by atoms with van der Waals surface area (Å²) in [5, 5.41) is 4.01. The minimum absolute atomic E-state index is 0.525. The molecule has 0 aromatic carbocycles. The van der Waals surface area contributed by atoms with Crippen molar-refractivity contribution < 1.29 is 4.79 Å². The van der Waals surface area contributed by atoms with Gasteiger partial charge in [0.05, 0.1) is 0 Å². The summed E-state index contributed by atoms with van der Waals surface area (Å²) in [6.45, 7) is 1.97. The van der Waals surface area contributed by atoms with Gasteiger partial charge >= 0.3 is 6.03 Å². The van der Waals surface area contributed by atoms with Gasteiger partial charge in [-0.15, -0.1) is 0 Å². The van der Waals surface area contributed by atoms with E-state index in [0.717, 1.165) is 5.71 Å². The zero-order chi connectivity index (χ0) is 11.1. The Morgan fingerprint density at radius 3 is 2.27 bits per heavy atom. The van der Waals surface area contributed by atoms with Crippen LogP contribution in [0.3, 0.4) is 0 Å². The van der Waals surface area contributed by atoms with Crippen LogP contribution in [0.4, 0.5) is 4.79 Å². The molecule has 1 aliphatic rings. The normalized spacial score (nSPS) is 20.5. The summed E-state index contributed by atoms with van der Waals surface area (Å²) in [5.74, 6) is 0.525. The number of urea groups is 1. The Hall–Kier alpha value is -1.06. The van der Waals surface area contributed by atoms with Crippen LogP contribution in [0.1, 0.15) is 51.9 Å². The third kappa shape index (κ3) is 4.81. The van der Waals surface area contributed by atoms with Gasteiger partial charge in [0, 0.05) is 5.71 Å². The molecule has 4 nitrogen and oxygen atoms in total. The predicted octanol–water partition coefficient (Wildman–Crippen LogP) is 2.39. The Morgan fingerprint density at radius 1 is 1.20 bits per heavy atom. The van der Waals surface area contributed by atoms with Gasteiger partial charge in [-0.3, -0.25) is 0 Å². The lowest BCUT2D eigenvalue weighted by atomic mass is 9.88. The molecule has 0 saturated heterocycles. The van der Waals surface area contributed by atoms with E-state index in [0.29, 0.717) is 5.92 Å². The molecule has 1 aliphatic carbocycles. The third-order valence-corrected chi connectivity index (χ3v) is 3.04. The molecule has 0 spiro atoms. The minimum atomic E-state index is -0.583. The molecule has 15 heavy (non-hydrogen) atoms. The molecular weight excluding hydrogens is 190 g/mol. The summed E-state index contributed by atoms with van der Waals surface area (Å²) in [7, 11) is 0. The molecule has 0 aromatic heterocycles. The van der Waals surface area contributed by atoms with Crippen molar-refractivity contribution in [3.8, 4) is 0 Å². The molecule has 0 atom stereocenters. The number of rotatable bonds is 2. The van der Waals surface area contributed by atoms with E-state index < -0.39 is 6.03 Å². The fourth-order valence-electron chi connectivity index (χ4n) is 2.11. The first-order valence-corrected chi connectivity index (χ1v) is 5.80. The van der Waals surface area contributed by atoms with Crippen molar-refractivity contribution in [1.82, 2.24) is 5.43 Å². The van der Waals surface area contributed by atoms with Crippen molar-refractivity contribution in [3.05, 3.63) is 0 Å². The van der Waals surface area contributed by atoms with E-state index in [2.05, 4.69) is 10.5 Å². The van der Waals surface area contributed by atoms with E-state index in [9.17, 15) is 4.79 Å². The van der Waals surface area contributed by atoms with Crippen molar-refractivity contribution in [3.63, 3.8) is 0 Å². The van der Waals surface area contributed by atoms with Gasteiger partial charge in [-0.1, -0.05) is 32.1 Å². The number of hydrazone groups is 1. The average molecular weight is 211 g/mol. The summed E-state index contributed by atoms with van der Waals surface area (Å²) in [4.78, 5) is 10.5. The quantitative estimate of drug-likeness (QED) is 0.534. The summed E-state index contributed by atoms with van der Waals surface area (Å²) in [6.07, 6.45) is 8.94. The number of nitrogens with one attached hydrogen (secondary N) is 1. The standard InChI is InChI=1S/C11H21N3O/c1-9(13-14-11(12)15)10-7-5-3-2-4-6-8-10/h10H,2-8H2,1H3,(H3,12,14,15). The lowest BCUT2D eigenvalue weighted by molar-refractivity contribution is 0.249. The summed E-state index contributed by atoms with van der Waals surface area (Å²) in [6, 6.07) is -0.583. The average Bonchev–Trinajstić information content (AvgIpc) is 2.13. The van der Waals surface area contributed by atoms with Crippen LogP contribution in [0, 0.1) is 5.92 Å². The van der Waals surface area contributed by atoms with Crippen LogP contribution in [0.2, 0.25) is 0 Å². The molecule has 86 valence electrons. The van der Waals surface area contributed by atoms with Crippen LogP contribution in [-0.2, 0) is 0 Å². The predicted molar refractivity (Wildman–Crippen MR) is 61.6 cm³/mol. The number of carbonyl (C=O) groups is 1. The SMILES string of the molecule is CC(=NNC(N)=O)C1CCCCCCC1. The number of carbonyl (C=O) groups excluding carboxylic acids is 1. The van der Waals surface area contributed by atoms with Gasteiger partial charge < -0.3 is 5.73 Å². The van der Waals surface area contributed by atoms with Gasteiger partial charge in [-0.2, -0.15) is 5.10 Å². The molecule has 0 aliphatic heterocycles. The highest BCUT2D eigenvalue weighted by Gasteiger charge is 2.14. The summed E-state index contributed by atoms with van der Waals surface area (Å²) < 4.78 is 0. The smallest absolute Gasteiger partial charge is 0.332 e. The third-order valence-electron chi connectivity index (χ3n) is 3.04. The van der Waals surface area contributed by atoms with E-state index in [1.54, 1.807) is 0 Å². The fourth-order valence-corrected chi connectivity index (χ4v) is 2.11. The summed E-state index contributed by atoms with van der Waals surface area (Å²) >= 11 is 0. The molecule has 0 bridgehead atoms. The van der Waals surface area contributed by atoms with Crippen molar-refractivity contribution in [2.45, 2.75) is 51.9 Å². The Balaban J connectivity index is 2.44. The zero-order valence-electron chi connectivity index (χ0n) is 9.46. The largest absolute Gasteiger partial charge is 0.350 e. The molecule has 0 radical (unpaired) electrons. The molecule has 0 unspecified atom stereocenters. The first-order chi connectivity index (χ1) is 7.20. The monoisotopic (exact) mass is 211 g/mol. The van der Waals surface area contributed by atoms with Gasteiger partial charge in [0.15, 0.2) is 0 Å². The van der Waals surface area contributed by atoms with E-state index >= 15 is 0 Å². The number of nitrogens with two attached hydrogens (primary N) is 1. The molecule has 4 heteroatoms. The highest BCUT2D eigenvalue weighted by Crippen LogP contribution is 2.23. The van der Waals surface area contributed by atoms with Crippen molar-refractivity contribution in [1.29, 1.82) is 0 Å². The first kappa shape index (κ1) is 12.0. The Bertz CT molecular complexity index is 230. The number of hydrogen-bond donors (Lipinski definition) is 2. The first-order valence-electron chi connectivity index (χ1n) is 5.80. The zero-order valence-corrected chi connectivity index (χ0v) is 9.46. The number of amides is 2. The highest BCUT2D eigenvalue weighted by molar-refractivity contribution is 5.85. The maximum Gasteiger partial charge on any atom is 0.332 e. The lowest BCUT2D eigenvalue weighted by Gasteiger charge is -2.19. The van der Waals surface area contributed by atoms with Gasteiger partial charge in [0.25, 0.3) is 0 Å². The molecule has 3 N–H and O–H groups in total. The van der Waals surface area contributed by atoms with Crippen molar-refractivity contribution in [2.75, 3.05) is 0 Å².